The number of carbonyl (C=O) groups excluding carboxylic acids is 1. The summed E-state index contributed by atoms with van der Waals surface area (Å²) in [6.45, 7) is 8.67. The van der Waals surface area contributed by atoms with Crippen LogP contribution in [0.1, 0.15) is 98.3 Å². The quantitative estimate of drug-likeness (QED) is 0.163. The molecule has 0 radical (unpaired) electrons. The number of carbonyl (C=O) groups is 1. The molecule has 0 saturated heterocycles. The summed E-state index contributed by atoms with van der Waals surface area (Å²) in [5, 5.41) is 13.7. The molecular weight excluding hydrogens is 558 g/mol. The minimum absolute atomic E-state index is 0.0183. The van der Waals surface area contributed by atoms with E-state index in [0.29, 0.717) is 37.3 Å². The fraction of sp³-hybridized carbons (Fsp3) is 0.645. The van der Waals surface area contributed by atoms with Gasteiger partial charge in [0.1, 0.15) is 11.5 Å². The van der Waals surface area contributed by atoms with Crippen LogP contribution in [0, 0.1) is 28.1 Å². The van der Waals surface area contributed by atoms with Crippen molar-refractivity contribution in [2.75, 3.05) is 12.4 Å². The van der Waals surface area contributed by atoms with Crippen molar-refractivity contribution < 1.29 is 22.3 Å². The number of ketones is 1. The molecule has 2 saturated carbocycles. The van der Waals surface area contributed by atoms with Crippen molar-refractivity contribution in [3.8, 4) is 6.07 Å². The standard InChI is InChI=1S/C31H43N3O5S2/c1-5-6-7-8-9-10-19-38-34-40-27(25-12-11-23(2)24(20-25)16-18-32)13-14-29(40)33-39-41(36,37)22-31-17-15-26(21-28(31)35)30(31,3)4/h11-14,26H,5-10,15-17,19-22H2,1-4H3. The molecule has 3 unspecified atom stereocenters. The topological polar surface area (TPSA) is 118 Å². The molecule has 3 atom stereocenters. The molecule has 0 amide bonds. The van der Waals surface area contributed by atoms with E-state index in [1.54, 1.807) is 6.08 Å². The first kappa shape index (κ1) is 31.6. The summed E-state index contributed by atoms with van der Waals surface area (Å²) in [5.41, 5.74) is 1.81. The molecule has 4 rings (SSSR count). The number of rotatable bonds is 13. The highest BCUT2D eigenvalue weighted by Crippen LogP contribution is 2.64. The Kier molecular flexibility index (Phi) is 10.2. The van der Waals surface area contributed by atoms with E-state index in [1.807, 2.05) is 39.0 Å². The summed E-state index contributed by atoms with van der Waals surface area (Å²) in [6.07, 6.45) is 17.2. The van der Waals surface area contributed by atoms with Gasteiger partial charge in [-0.25, -0.2) is 4.84 Å². The van der Waals surface area contributed by atoms with Gasteiger partial charge in [-0.15, -0.1) is 0 Å². The third-order valence-electron chi connectivity index (χ3n) is 9.41. The number of Topliss-reactive ketones (excluding diaryl/α,β-unsaturated/α-hetero) is 1. The summed E-state index contributed by atoms with van der Waals surface area (Å²) in [6, 6.07) is 2.24. The zero-order valence-corrected chi connectivity index (χ0v) is 26.4. The van der Waals surface area contributed by atoms with E-state index in [-0.39, 0.29) is 22.9 Å². The van der Waals surface area contributed by atoms with Crippen molar-refractivity contribution in [2.24, 2.45) is 26.4 Å². The third-order valence-corrected chi connectivity index (χ3v) is 12.2. The molecule has 1 heterocycles. The fourth-order valence-electron chi connectivity index (χ4n) is 6.57. The highest BCUT2D eigenvalue weighted by atomic mass is 32.2. The predicted molar refractivity (Wildman–Crippen MR) is 163 cm³/mol. The maximum absolute atomic E-state index is 13.2. The molecular formula is C31H43N3O5S2. The predicted octanol–water partition coefficient (Wildman–Crippen LogP) is 7.15. The fourth-order valence-corrected chi connectivity index (χ4v) is 9.60. The average molecular weight is 602 g/mol. The molecule has 4 aliphatic rings. The molecule has 2 fully saturated rings. The lowest BCUT2D eigenvalue weighted by Crippen LogP contribution is -2.42. The Bertz CT molecular complexity index is 1380. The number of hydrogen-bond donors (Lipinski definition) is 0. The van der Waals surface area contributed by atoms with E-state index >= 15 is 0 Å². The van der Waals surface area contributed by atoms with Crippen molar-refractivity contribution >= 4 is 31.6 Å². The Labute approximate surface area is 247 Å². The maximum atomic E-state index is 13.2. The van der Waals surface area contributed by atoms with Crippen LogP contribution in [-0.4, -0.2) is 31.6 Å². The smallest absolute Gasteiger partial charge is 0.299 e. The van der Waals surface area contributed by atoms with Crippen LogP contribution in [-0.2, 0) is 34.7 Å². The van der Waals surface area contributed by atoms with E-state index in [2.05, 4.69) is 22.7 Å². The van der Waals surface area contributed by atoms with Gasteiger partial charge < -0.3 is 0 Å². The van der Waals surface area contributed by atoms with Gasteiger partial charge in [-0.05, 0) is 67.2 Å². The number of nitriles is 1. The molecule has 0 spiro atoms. The summed E-state index contributed by atoms with van der Waals surface area (Å²) in [7, 11) is -5.12. The molecule has 224 valence electrons. The number of hydrogen-bond acceptors (Lipinski definition) is 8. The Morgan fingerprint density at radius 1 is 1.12 bits per heavy atom. The second kappa shape index (κ2) is 13.3. The van der Waals surface area contributed by atoms with Gasteiger partial charge >= 0.3 is 10.1 Å². The van der Waals surface area contributed by atoms with Crippen molar-refractivity contribution in [3.05, 3.63) is 45.9 Å². The maximum Gasteiger partial charge on any atom is 0.329 e. The Morgan fingerprint density at radius 2 is 1.88 bits per heavy atom. The average Bonchev–Trinajstić information content (AvgIpc) is 3.49. The highest BCUT2D eigenvalue weighted by Gasteiger charge is 2.65. The van der Waals surface area contributed by atoms with E-state index in [1.165, 1.54) is 19.3 Å². The first-order valence-corrected chi connectivity index (χ1v) is 17.6. The second-order valence-corrected chi connectivity index (χ2v) is 15.3. The molecule has 10 heteroatoms. The van der Waals surface area contributed by atoms with Gasteiger partial charge in [-0.2, -0.15) is 13.7 Å². The van der Waals surface area contributed by atoms with E-state index < -0.39 is 26.2 Å². The second-order valence-electron chi connectivity index (χ2n) is 12.2. The number of fused-ring (bicyclic) bond motifs is 2. The van der Waals surface area contributed by atoms with Gasteiger partial charge in [0.2, 0.25) is 0 Å². The summed E-state index contributed by atoms with van der Waals surface area (Å²) < 4.78 is 36.1. The molecule has 0 aromatic heterocycles. The van der Waals surface area contributed by atoms with Crippen LogP contribution in [0.2, 0.25) is 0 Å². The molecule has 3 aliphatic carbocycles. The van der Waals surface area contributed by atoms with Crippen LogP contribution in [0.4, 0.5) is 0 Å². The first-order chi connectivity index (χ1) is 19.5. The Morgan fingerprint density at radius 3 is 2.56 bits per heavy atom. The van der Waals surface area contributed by atoms with Crippen LogP contribution in [0.25, 0.3) is 0 Å². The van der Waals surface area contributed by atoms with E-state index in [4.69, 9.17) is 9.12 Å². The zero-order valence-electron chi connectivity index (χ0n) is 24.8. The van der Waals surface area contributed by atoms with Crippen molar-refractivity contribution in [1.82, 2.24) is 0 Å². The van der Waals surface area contributed by atoms with Crippen molar-refractivity contribution in [1.29, 1.82) is 5.26 Å². The van der Waals surface area contributed by atoms with Crippen molar-refractivity contribution in [2.45, 2.75) is 98.3 Å². The lowest BCUT2D eigenvalue weighted by molar-refractivity contribution is -0.128. The Hall–Kier alpha value is -2.35. The molecule has 2 bridgehead atoms. The monoisotopic (exact) mass is 601 g/mol. The van der Waals surface area contributed by atoms with Gasteiger partial charge in [-0.1, -0.05) is 80.3 Å². The minimum atomic E-state index is -4.12. The lowest BCUT2D eigenvalue weighted by Gasteiger charge is -2.35. The lowest BCUT2D eigenvalue weighted by atomic mass is 9.70. The van der Waals surface area contributed by atoms with Crippen LogP contribution in [0.15, 0.2) is 55.6 Å². The van der Waals surface area contributed by atoms with E-state index in [9.17, 15) is 18.5 Å². The molecule has 8 nitrogen and oxygen atoms in total. The van der Waals surface area contributed by atoms with Crippen LogP contribution in [0.3, 0.4) is 0 Å². The minimum Gasteiger partial charge on any atom is -0.299 e. The number of oxime groups is 1. The van der Waals surface area contributed by atoms with Gasteiger partial charge in [-0.3, -0.25) is 9.08 Å². The summed E-state index contributed by atoms with van der Waals surface area (Å²) in [5.74, 6) is -0.130. The van der Waals surface area contributed by atoms with E-state index in [0.717, 1.165) is 47.3 Å². The number of nitrogens with zero attached hydrogens (tertiary/aromatic N) is 3. The normalized spacial score (nSPS) is 29.7. The Balaban J connectivity index is 1.52. The molecule has 41 heavy (non-hydrogen) atoms. The first-order valence-electron chi connectivity index (χ1n) is 14.8. The number of unbranched alkanes of at least 4 members (excludes halogenated alkanes) is 5. The van der Waals surface area contributed by atoms with Crippen molar-refractivity contribution in [3.63, 3.8) is 0 Å². The molecule has 1 aliphatic heterocycles. The summed E-state index contributed by atoms with van der Waals surface area (Å²) >= 11 is 0. The largest absolute Gasteiger partial charge is 0.329 e. The van der Waals surface area contributed by atoms with Gasteiger partial charge in [0.25, 0.3) is 0 Å². The molecule has 0 aromatic rings. The SMILES string of the molecule is CCCCCCCCON=S1C(=NOS(=O)(=O)CC23CCC(CC2=O)C3(C)C)C=CC1=C1C=CC(C)=C(CC#N)C1. The van der Waals surface area contributed by atoms with Crippen LogP contribution >= 0.6 is 0 Å². The summed E-state index contributed by atoms with van der Waals surface area (Å²) in [4.78, 5) is 19.5. The molecule has 0 N–H and O–H groups in total. The number of allylic oxidation sites excluding steroid dienone is 6. The van der Waals surface area contributed by atoms with Gasteiger partial charge in [0, 0.05) is 22.0 Å². The van der Waals surface area contributed by atoms with Gasteiger partial charge in [0.15, 0.2) is 5.04 Å². The third kappa shape index (κ3) is 6.84. The van der Waals surface area contributed by atoms with Gasteiger partial charge in [0.05, 0.1) is 24.5 Å². The molecule has 0 aromatic carbocycles. The highest BCUT2D eigenvalue weighted by molar-refractivity contribution is 8.07. The zero-order chi connectivity index (χ0) is 29.7. The van der Waals surface area contributed by atoms with Crippen LogP contribution in [0.5, 0.6) is 0 Å². The van der Waals surface area contributed by atoms with Crippen LogP contribution < -0.4 is 0 Å².